The van der Waals surface area contributed by atoms with Crippen molar-refractivity contribution in [3.8, 4) is 18.1 Å². The van der Waals surface area contributed by atoms with Gasteiger partial charge in [-0.15, -0.1) is 12.3 Å². The van der Waals surface area contributed by atoms with Gasteiger partial charge < -0.3 is 29.5 Å². The van der Waals surface area contributed by atoms with Gasteiger partial charge in [0.1, 0.15) is 24.0 Å². The number of amides is 2. The fraction of sp³-hybridized carbons (Fsp3) is 0.667. The second-order valence-corrected chi connectivity index (χ2v) is 20.4. The predicted molar refractivity (Wildman–Crippen MR) is 201 cm³/mol. The first-order chi connectivity index (χ1) is 24.5. The molecule has 3 atom stereocenters. The molecule has 2 aliphatic rings. The molecular formula is C39H60N4O7Si. The monoisotopic (exact) mass is 724 g/mol. The number of benzene rings is 1. The van der Waals surface area contributed by atoms with Gasteiger partial charge in [0.05, 0.1) is 5.56 Å². The largest absolute Gasteiger partial charge is 0.467 e. The van der Waals surface area contributed by atoms with Crippen LogP contribution in [-0.4, -0.2) is 79.7 Å². The molecule has 1 aromatic carbocycles. The van der Waals surface area contributed by atoms with Gasteiger partial charge in [-0.1, -0.05) is 76.9 Å². The van der Waals surface area contributed by atoms with Gasteiger partial charge in [-0.3, -0.25) is 9.59 Å². The molecule has 282 valence electrons. The Morgan fingerprint density at radius 1 is 1.06 bits per heavy atom. The Labute approximate surface area is 306 Å². The standard InChI is InChI=1S/C39H60N4O7Si/c1-6-8-10-12-18-31(19-13-11-14-22-34(44)36(45)40-26-25-39(41-42-39)24-9-7-2)50-38(47)33-21-17-27-43(33)37(46)32-20-15-16-23-35(32)49-30-48-28-29-51(3,4)5/h2,15-17,20,23,27,31,33-34,44H,6,8-14,18-19,21-22,24-26,28-30H2,1,3-5H3,(H,40,45)/t31-,33+,34-/m1/s1. The Morgan fingerprint density at radius 3 is 2.45 bits per heavy atom. The van der Waals surface area contributed by atoms with E-state index in [1.54, 1.807) is 30.5 Å². The number of nitrogens with zero attached hydrogens (tertiary/aromatic N) is 3. The summed E-state index contributed by atoms with van der Waals surface area (Å²) in [6.07, 6.45) is 17.9. The Kier molecular flexibility index (Phi) is 17.9. The number of terminal acetylenes is 1. The fourth-order valence-electron chi connectivity index (χ4n) is 5.88. The number of nitrogens with one attached hydrogen (secondary N) is 1. The summed E-state index contributed by atoms with van der Waals surface area (Å²) in [5, 5.41) is 21.3. The third-order valence-corrected chi connectivity index (χ3v) is 10.9. The van der Waals surface area contributed by atoms with Gasteiger partial charge in [0.15, 0.2) is 12.5 Å². The zero-order valence-corrected chi connectivity index (χ0v) is 32.2. The van der Waals surface area contributed by atoms with Crippen molar-refractivity contribution in [2.75, 3.05) is 19.9 Å². The summed E-state index contributed by atoms with van der Waals surface area (Å²) in [5.41, 5.74) is -0.105. The molecule has 0 aliphatic carbocycles. The number of rotatable bonds is 26. The number of ether oxygens (including phenoxy) is 3. The van der Waals surface area contributed by atoms with Crippen LogP contribution >= 0.6 is 0 Å². The maximum absolute atomic E-state index is 13.7. The van der Waals surface area contributed by atoms with Crippen molar-refractivity contribution >= 4 is 25.9 Å². The van der Waals surface area contributed by atoms with Gasteiger partial charge in [-0.2, -0.15) is 10.2 Å². The van der Waals surface area contributed by atoms with E-state index < -0.39 is 37.8 Å². The molecule has 2 amide bonds. The van der Waals surface area contributed by atoms with Crippen LogP contribution in [0, 0.1) is 12.3 Å². The van der Waals surface area contributed by atoms with E-state index in [1.807, 2.05) is 6.08 Å². The molecule has 0 unspecified atom stereocenters. The zero-order valence-electron chi connectivity index (χ0n) is 31.2. The lowest BCUT2D eigenvalue weighted by atomic mass is 10.0. The van der Waals surface area contributed by atoms with Crippen LogP contribution in [0.25, 0.3) is 0 Å². The van der Waals surface area contributed by atoms with Crippen molar-refractivity contribution in [1.82, 2.24) is 10.2 Å². The molecule has 0 fully saturated rings. The minimum atomic E-state index is -1.23. The average Bonchev–Trinajstić information content (AvgIpc) is 3.69. The van der Waals surface area contributed by atoms with Crippen LogP contribution in [0.3, 0.4) is 0 Å². The number of hydrogen-bond acceptors (Lipinski definition) is 9. The summed E-state index contributed by atoms with van der Waals surface area (Å²) in [6.45, 7) is 10.0. The summed E-state index contributed by atoms with van der Waals surface area (Å²) >= 11 is 0. The van der Waals surface area contributed by atoms with Crippen LogP contribution < -0.4 is 10.1 Å². The molecule has 0 spiro atoms. The summed E-state index contributed by atoms with van der Waals surface area (Å²) in [5.74, 6) is 1.86. The lowest BCUT2D eigenvalue weighted by Crippen LogP contribution is -2.41. The molecule has 1 aromatic rings. The smallest absolute Gasteiger partial charge is 0.329 e. The molecular weight excluding hydrogens is 665 g/mol. The number of carbonyl (C=O) groups is 3. The van der Waals surface area contributed by atoms with E-state index in [4.69, 9.17) is 20.6 Å². The van der Waals surface area contributed by atoms with Crippen LogP contribution in [0.2, 0.25) is 25.7 Å². The van der Waals surface area contributed by atoms with Crippen molar-refractivity contribution in [2.24, 2.45) is 10.2 Å². The first kappa shape index (κ1) is 41.9. The van der Waals surface area contributed by atoms with Crippen LogP contribution in [0.15, 0.2) is 46.8 Å². The number of aliphatic hydroxyl groups is 1. The third-order valence-electron chi connectivity index (χ3n) is 9.23. The molecule has 11 nitrogen and oxygen atoms in total. The summed E-state index contributed by atoms with van der Waals surface area (Å²) in [6, 6.07) is 7.28. The van der Waals surface area contributed by atoms with Crippen molar-refractivity contribution < 1.29 is 33.7 Å². The summed E-state index contributed by atoms with van der Waals surface area (Å²) in [7, 11) is -1.23. The molecule has 2 heterocycles. The van der Waals surface area contributed by atoms with E-state index in [1.165, 1.54) is 4.90 Å². The molecule has 2 N–H and O–H groups in total. The van der Waals surface area contributed by atoms with Crippen molar-refractivity contribution in [2.45, 2.75) is 146 Å². The Balaban J connectivity index is 1.46. The molecule has 2 aliphatic heterocycles. The van der Waals surface area contributed by atoms with Crippen LogP contribution in [-0.2, 0) is 19.1 Å². The van der Waals surface area contributed by atoms with Gasteiger partial charge in [0.25, 0.3) is 5.91 Å². The maximum atomic E-state index is 13.7. The second kappa shape index (κ2) is 21.7. The predicted octanol–water partition coefficient (Wildman–Crippen LogP) is 7.38. The highest BCUT2D eigenvalue weighted by molar-refractivity contribution is 6.76. The van der Waals surface area contributed by atoms with Crippen molar-refractivity contribution in [3.63, 3.8) is 0 Å². The topological polar surface area (TPSA) is 139 Å². The van der Waals surface area contributed by atoms with E-state index in [0.717, 1.165) is 51.0 Å². The highest BCUT2D eigenvalue weighted by Gasteiger charge is 2.39. The minimum Gasteiger partial charge on any atom is -0.467 e. The van der Waals surface area contributed by atoms with E-state index in [9.17, 15) is 19.5 Å². The van der Waals surface area contributed by atoms with Crippen LogP contribution in [0.4, 0.5) is 0 Å². The highest BCUT2D eigenvalue weighted by Crippen LogP contribution is 2.36. The normalized spacial score (nSPS) is 17.1. The lowest BCUT2D eigenvalue weighted by molar-refractivity contribution is -0.154. The number of para-hydroxylation sites is 1. The quantitative estimate of drug-likeness (QED) is 0.0334. The van der Waals surface area contributed by atoms with E-state index in [2.05, 4.69) is 48.0 Å². The number of esters is 1. The molecule has 0 bridgehead atoms. The zero-order chi connectivity index (χ0) is 37.1. The molecule has 0 saturated carbocycles. The van der Waals surface area contributed by atoms with Crippen molar-refractivity contribution in [1.29, 1.82) is 0 Å². The number of carbonyl (C=O) groups excluding carboxylic acids is 3. The SMILES string of the molecule is C#CCCC1(CCNC(=O)[C@H](O)CCCCC[C@@H](CCCCCC)OC(=O)[C@@H]2CC=CN2C(=O)c2ccccc2OCOCC[Si](C)(C)C)N=N1. The summed E-state index contributed by atoms with van der Waals surface area (Å²) in [4.78, 5) is 41.1. The first-order valence-electron chi connectivity index (χ1n) is 18.8. The molecule has 0 radical (unpaired) electrons. The Hall–Kier alpha value is -3.53. The van der Waals surface area contributed by atoms with Gasteiger partial charge in [-0.25, -0.2) is 4.79 Å². The van der Waals surface area contributed by atoms with Gasteiger partial charge in [0.2, 0.25) is 5.91 Å². The van der Waals surface area contributed by atoms with E-state index in [-0.39, 0.29) is 18.8 Å². The van der Waals surface area contributed by atoms with E-state index in [0.29, 0.717) is 69.4 Å². The Morgan fingerprint density at radius 2 is 1.76 bits per heavy atom. The van der Waals surface area contributed by atoms with E-state index >= 15 is 0 Å². The molecule has 0 saturated heterocycles. The van der Waals surface area contributed by atoms with Crippen LogP contribution in [0.5, 0.6) is 5.75 Å². The number of aliphatic hydroxyl groups excluding tert-OH is 1. The second-order valence-electron chi connectivity index (χ2n) is 14.8. The fourth-order valence-corrected chi connectivity index (χ4v) is 6.64. The van der Waals surface area contributed by atoms with Gasteiger partial charge in [-0.05, 0) is 56.7 Å². The lowest BCUT2D eigenvalue weighted by Gasteiger charge is -2.26. The van der Waals surface area contributed by atoms with Crippen molar-refractivity contribution in [3.05, 3.63) is 42.1 Å². The van der Waals surface area contributed by atoms with Gasteiger partial charge in [0, 0.05) is 46.7 Å². The highest BCUT2D eigenvalue weighted by atomic mass is 28.3. The Bertz CT molecular complexity index is 1350. The third kappa shape index (κ3) is 15.3. The molecule has 51 heavy (non-hydrogen) atoms. The number of unbranched alkanes of at least 4 members (excludes halogenated alkanes) is 5. The average molecular weight is 725 g/mol. The minimum absolute atomic E-state index is 0.0461. The molecule has 3 rings (SSSR count). The van der Waals surface area contributed by atoms with Crippen LogP contribution in [0.1, 0.15) is 107 Å². The molecule has 12 heteroatoms. The van der Waals surface area contributed by atoms with Gasteiger partial charge >= 0.3 is 5.97 Å². The summed E-state index contributed by atoms with van der Waals surface area (Å²) < 4.78 is 17.6. The first-order valence-corrected chi connectivity index (χ1v) is 22.5. The molecule has 0 aromatic heterocycles. The maximum Gasteiger partial charge on any atom is 0.329 e. The number of hydrogen-bond donors (Lipinski definition) is 2.